The third-order valence-electron chi connectivity index (χ3n) is 2.16. The predicted octanol–water partition coefficient (Wildman–Crippen LogP) is 1.73. The molecule has 1 aliphatic rings. The number of rotatable bonds is 3. The molecule has 4 nitrogen and oxygen atoms in total. The zero-order chi connectivity index (χ0) is 11.1. The van der Waals surface area contributed by atoms with Gasteiger partial charge in [0.1, 0.15) is 0 Å². The van der Waals surface area contributed by atoms with Gasteiger partial charge in [0, 0.05) is 17.6 Å². The molecular weight excluding hydrogens is 280 g/mol. The lowest BCUT2D eigenvalue weighted by atomic mass is 10.2. The van der Waals surface area contributed by atoms with Crippen molar-refractivity contribution < 1.29 is 8.42 Å². The van der Waals surface area contributed by atoms with Crippen LogP contribution in [0.1, 0.15) is 5.56 Å². The maximum absolute atomic E-state index is 11.6. The number of nitrogens with zero attached hydrogens (tertiary/aromatic N) is 1. The van der Waals surface area contributed by atoms with E-state index in [1.54, 1.807) is 12.1 Å². The van der Waals surface area contributed by atoms with Gasteiger partial charge in [-0.3, -0.25) is 4.72 Å². The van der Waals surface area contributed by atoms with Crippen molar-refractivity contribution in [2.75, 3.05) is 17.8 Å². The molecule has 0 aliphatic carbocycles. The Kier molecular flexibility index (Phi) is 2.74. The van der Waals surface area contributed by atoms with E-state index in [9.17, 15) is 8.42 Å². The summed E-state index contributed by atoms with van der Waals surface area (Å²) in [5.41, 5.74) is 1.66. The first kappa shape index (κ1) is 10.9. The SMILES string of the molecule is Cc1ccc(NS(=O)(=O)N2CC2)cc1Br. The van der Waals surface area contributed by atoms with Gasteiger partial charge in [0.2, 0.25) is 0 Å². The van der Waals surface area contributed by atoms with E-state index in [0.29, 0.717) is 18.8 Å². The normalized spacial score (nSPS) is 16.4. The van der Waals surface area contributed by atoms with Crippen molar-refractivity contribution in [1.29, 1.82) is 0 Å². The summed E-state index contributed by atoms with van der Waals surface area (Å²) in [5.74, 6) is 0. The molecule has 0 saturated carbocycles. The minimum absolute atomic E-state index is 0.583. The fourth-order valence-electron chi connectivity index (χ4n) is 1.15. The zero-order valence-electron chi connectivity index (χ0n) is 8.20. The molecule has 0 radical (unpaired) electrons. The van der Waals surface area contributed by atoms with Gasteiger partial charge in [-0.25, -0.2) is 0 Å². The number of nitrogens with one attached hydrogen (secondary N) is 1. The molecule has 6 heteroatoms. The fraction of sp³-hybridized carbons (Fsp3) is 0.333. The molecule has 0 spiro atoms. The van der Waals surface area contributed by atoms with Crippen LogP contribution in [0, 0.1) is 6.92 Å². The highest BCUT2D eigenvalue weighted by Crippen LogP contribution is 2.23. The lowest BCUT2D eigenvalue weighted by Crippen LogP contribution is -2.20. The highest BCUT2D eigenvalue weighted by molar-refractivity contribution is 9.10. The average Bonchev–Trinajstić information content (AvgIpc) is 2.93. The monoisotopic (exact) mass is 290 g/mol. The topological polar surface area (TPSA) is 49.2 Å². The van der Waals surface area contributed by atoms with Gasteiger partial charge in [0.15, 0.2) is 0 Å². The number of anilines is 1. The molecule has 1 aromatic rings. The molecule has 0 atom stereocenters. The number of hydrogen-bond donors (Lipinski definition) is 1. The Balaban J connectivity index is 2.21. The summed E-state index contributed by atoms with van der Waals surface area (Å²) in [6.07, 6.45) is 0. The minimum Gasteiger partial charge on any atom is -0.271 e. The van der Waals surface area contributed by atoms with Crippen LogP contribution in [0.4, 0.5) is 5.69 Å². The molecule has 0 amide bonds. The molecule has 2 rings (SSSR count). The van der Waals surface area contributed by atoms with Gasteiger partial charge in [-0.15, -0.1) is 0 Å². The Bertz CT molecular complexity index is 483. The third kappa shape index (κ3) is 2.50. The maximum Gasteiger partial charge on any atom is 0.301 e. The van der Waals surface area contributed by atoms with E-state index in [0.717, 1.165) is 10.0 Å². The van der Waals surface area contributed by atoms with Gasteiger partial charge < -0.3 is 0 Å². The van der Waals surface area contributed by atoms with Crippen LogP contribution < -0.4 is 4.72 Å². The largest absolute Gasteiger partial charge is 0.301 e. The summed E-state index contributed by atoms with van der Waals surface area (Å²) in [5, 5.41) is 0. The van der Waals surface area contributed by atoms with Crippen LogP contribution in [-0.4, -0.2) is 25.8 Å². The second-order valence-corrected chi connectivity index (χ2v) is 6.00. The Hall–Kier alpha value is -0.590. The lowest BCUT2D eigenvalue weighted by molar-refractivity contribution is 0.569. The first-order valence-corrected chi connectivity index (χ1v) is 6.76. The van der Waals surface area contributed by atoms with Crippen LogP contribution >= 0.6 is 15.9 Å². The van der Waals surface area contributed by atoms with E-state index < -0.39 is 10.2 Å². The van der Waals surface area contributed by atoms with Crippen molar-refractivity contribution in [1.82, 2.24) is 4.31 Å². The van der Waals surface area contributed by atoms with E-state index in [1.165, 1.54) is 4.31 Å². The first-order valence-electron chi connectivity index (χ1n) is 4.53. The lowest BCUT2D eigenvalue weighted by Gasteiger charge is -2.08. The Morgan fingerprint density at radius 1 is 1.40 bits per heavy atom. The summed E-state index contributed by atoms with van der Waals surface area (Å²) >= 11 is 3.36. The van der Waals surface area contributed by atoms with Crippen molar-refractivity contribution >= 4 is 31.8 Å². The van der Waals surface area contributed by atoms with Gasteiger partial charge in [-0.2, -0.15) is 12.7 Å². The summed E-state index contributed by atoms with van der Waals surface area (Å²) in [4.78, 5) is 0. The van der Waals surface area contributed by atoms with E-state index in [4.69, 9.17) is 0 Å². The molecule has 1 heterocycles. The minimum atomic E-state index is -3.31. The highest BCUT2D eigenvalue weighted by Gasteiger charge is 2.31. The summed E-state index contributed by atoms with van der Waals surface area (Å²) in [6.45, 7) is 3.18. The average molecular weight is 291 g/mol. The Labute approximate surface area is 97.6 Å². The number of halogens is 1. The number of hydrogen-bond acceptors (Lipinski definition) is 2. The standard InChI is InChI=1S/C9H11BrN2O2S/c1-7-2-3-8(6-9(7)10)11-15(13,14)12-4-5-12/h2-3,6,11H,4-5H2,1H3. The summed E-state index contributed by atoms with van der Waals surface area (Å²) in [6, 6.07) is 5.38. The van der Waals surface area contributed by atoms with Crippen LogP contribution in [0.2, 0.25) is 0 Å². The molecular formula is C9H11BrN2O2S. The van der Waals surface area contributed by atoms with Crippen molar-refractivity contribution in [2.24, 2.45) is 0 Å². The Morgan fingerprint density at radius 2 is 2.07 bits per heavy atom. The first-order chi connectivity index (χ1) is 6.99. The molecule has 1 aromatic carbocycles. The fourth-order valence-corrected chi connectivity index (χ4v) is 2.65. The van der Waals surface area contributed by atoms with Crippen LogP contribution in [0.15, 0.2) is 22.7 Å². The molecule has 1 saturated heterocycles. The van der Waals surface area contributed by atoms with Gasteiger partial charge >= 0.3 is 10.2 Å². The molecule has 15 heavy (non-hydrogen) atoms. The van der Waals surface area contributed by atoms with Gasteiger partial charge in [0.25, 0.3) is 0 Å². The van der Waals surface area contributed by atoms with Crippen LogP contribution in [0.3, 0.4) is 0 Å². The Morgan fingerprint density at radius 3 is 2.60 bits per heavy atom. The van der Waals surface area contributed by atoms with Gasteiger partial charge in [-0.05, 0) is 24.6 Å². The number of benzene rings is 1. The van der Waals surface area contributed by atoms with Crippen molar-refractivity contribution in [3.05, 3.63) is 28.2 Å². The van der Waals surface area contributed by atoms with Crippen LogP contribution in [0.25, 0.3) is 0 Å². The third-order valence-corrected chi connectivity index (χ3v) is 4.56. The molecule has 0 unspecified atom stereocenters. The maximum atomic E-state index is 11.6. The molecule has 1 fully saturated rings. The van der Waals surface area contributed by atoms with E-state index in [-0.39, 0.29) is 0 Å². The van der Waals surface area contributed by atoms with Gasteiger partial charge in [0.05, 0.1) is 5.69 Å². The zero-order valence-corrected chi connectivity index (χ0v) is 10.6. The summed E-state index contributed by atoms with van der Waals surface area (Å²) in [7, 11) is -3.31. The summed E-state index contributed by atoms with van der Waals surface area (Å²) < 4.78 is 27.9. The quantitative estimate of drug-likeness (QED) is 0.862. The van der Waals surface area contributed by atoms with Gasteiger partial charge in [-0.1, -0.05) is 22.0 Å². The molecule has 0 bridgehead atoms. The number of aryl methyl sites for hydroxylation is 1. The van der Waals surface area contributed by atoms with E-state index in [2.05, 4.69) is 20.7 Å². The second-order valence-electron chi connectivity index (χ2n) is 3.47. The predicted molar refractivity (Wildman–Crippen MR) is 63.0 cm³/mol. The smallest absolute Gasteiger partial charge is 0.271 e. The van der Waals surface area contributed by atoms with Crippen molar-refractivity contribution in [3.8, 4) is 0 Å². The van der Waals surface area contributed by atoms with Crippen LogP contribution in [-0.2, 0) is 10.2 Å². The van der Waals surface area contributed by atoms with Crippen LogP contribution in [0.5, 0.6) is 0 Å². The van der Waals surface area contributed by atoms with Crippen molar-refractivity contribution in [3.63, 3.8) is 0 Å². The second kappa shape index (κ2) is 3.77. The molecule has 82 valence electrons. The molecule has 1 N–H and O–H groups in total. The highest BCUT2D eigenvalue weighted by atomic mass is 79.9. The van der Waals surface area contributed by atoms with E-state index in [1.807, 2.05) is 13.0 Å². The molecule has 1 aliphatic heterocycles. The van der Waals surface area contributed by atoms with Crippen molar-refractivity contribution in [2.45, 2.75) is 6.92 Å². The van der Waals surface area contributed by atoms with E-state index >= 15 is 0 Å². The molecule has 0 aromatic heterocycles.